The molecule has 1 spiro atoms. The number of hydrogen-bond donors (Lipinski definition) is 1. The number of carbonyl (C=O) groups is 1. The molecule has 1 N–H and O–H groups in total. The predicted octanol–water partition coefficient (Wildman–Crippen LogP) is 7.18. The Hall–Kier alpha value is -2.45. The van der Waals surface area contributed by atoms with Gasteiger partial charge >= 0.3 is 12.1 Å². The molecule has 2 heterocycles. The van der Waals surface area contributed by atoms with Gasteiger partial charge in [-0.3, -0.25) is 9.78 Å². The number of halogens is 3. The van der Waals surface area contributed by atoms with Crippen LogP contribution in [0.2, 0.25) is 0 Å². The molecule has 1 aliphatic heterocycles. The zero-order valence-electron chi connectivity index (χ0n) is 21.9. The molecule has 2 aromatic rings. The van der Waals surface area contributed by atoms with Crippen LogP contribution in [0.25, 0.3) is 0 Å². The smallest absolute Gasteiger partial charge is 0.416 e. The van der Waals surface area contributed by atoms with Gasteiger partial charge in [0.15, 0.2) is 0 Å². The summed E-state index contributed by atoms with van der Waals surface area (Å²) in [4.78, 5) is 17.2. The number of alkyl halides is 3. The Bertz CT molecular complexity index is 1210. The van der Waals surface area contributed by atoms with Crippen LogP contribution < -0.4 is 0 Å². The van der Waals surface area contributed by atoms with Crippen molar-refractivity contribution in [1.82, 2.24) is 4.98 Å². The van der Waals surface area contributed by atoms with E-state index in [2.05, 4.69) is 0 Å². The lowest BCUT2D eigenvalue weighted by Gasteiger charge is -2.42. The van der Waals surface area contributed by atoms with Gasteiger partial charge in [-0.25, -0.2) is 0 Å². The van der Waals surface area contributed by atoms with E-state index >= 15 is 0 Å². The van der Waals surface area contributed by atoms with Crippen molar-refractivity contribution in [3.8, 4) is 0 Å². The number of aliphatic hydroxyl groups excluding tert-OH is 1. The summed E-state index contributed by atoms with van der Waals surface area (Å²) >= 11 is 0. The average molecular weight is 518 g/mol. The second-order valence-electron chi connectivity index (χ2n) is 11.8. The molecule has 1 saturated carbocycles. The van der Waals surface area contributed by atoms with Gasteiger partial charge in [0, 0.05) is 29.2 Å². The Balaban J connectivity index is 1.77. The maximum atomic E-state index is 13.3. The van der Waals surface area contributed by atoms with Gasteiger partial charge in [0.2, 0.25) is 0 Å². The van der Waals surface area contributed by atoms with Crippen molar-refractivity contribution < 1.29 is 32.5 Å². The maximum absolute atomic E-state index is 13.3. The Labute approximate surface area is 215 Å². The third-order valence-corrected chi connectivity index (χ3v) is 8.19. The first-order valence-corrected chi connectivity index (χ1v) is 13.0. The van der Waals surface area contributed by atoms with Crippen LogP contribution in [0.3, 0.4) is 0 Å². The first kappa shape index (κ1) is 26.2. The third kappa shape index (κ3) is 4.26. The summed E-state index contributed by atoms with van der Waals surface area (Å²) in [7, 11) is 0. The number of carbonyl (C=O) groups excluding carboxylic acids is 1. The molecule has 0 bridgehead atoms. The molecule has 0 saturated heterocycles. The van der Waals surface area contributed by atoms with Crippen LogP contribution in [0.1, 0.15) is 130 Å². The second kappa shape index (κ2) is 8.80. The van der Waals surface area contributed by atoms with Gasteiger partial charge in [0.1, 0.15) is 12.2 Å². The highest BCUT2D eigenvalue weighted by molar-refractivity contribution is 5.67. The number of rotatable bonds is 3. The van der Waals surface area contributed by atoms with E-state index in [0.29, 0.717) is 23.2 Å². The van der Waals surface area contributed by atoms with Crippen LogP contribution in [0.15, 0.2) is 24.3 Å². The SMILES string of the molecule is CC(=O)O[C@H]1c2nc(C(C)C)c3c(c2C(O)CC1(C)C)C1(CCCC1)O[C@@H]3c1ccc(C(F)(F)F)cc1. The number of aliphatic hydroxyl groups is 1. The normalized spacial score (nSPS) is 25.8. The number of benzene rings is 1. The number of nitrogens with zero attached hydrogens (tertiary/aromatic N) is 1. The van der Waals surface area contributed by atoms with E-state index < -0.39 is 47.0 Å². The Morgan fingerprint density at radius 2 is 1.76 bits per heavy atom. The lowest BCUT2D eigenvalue weighted by molar-refractivity contribution is -0.156. The summed E-state index contributed by atoms with van der Waals surface area (Å²) in [6.07, 6.45) is -2.70. The summed E-state index contributed by atoms with van der Waals surface area (Å²) in [5.74, 6) is -0.445. The number of pyridine rings is 1. The van der Waals surface area contributed by atoms with Crippen LogP contribution in [0.5, 0.6) is 0 Å². The van der Waals surface area contributed by atoms with Crippen molar-refractivity contribution in [2.24, 2.45) is 5.41 Å². The maximum Gasteiger partial charge on any atom is 0.416 e. The first-order valence-electron chi connectivity index (χ1n) is 13.0. The molecule has 1 fully saturated rings. The lowest BCUT2D eigenvalue weighted by Crippen LogP contribution is -2.37. The van der Waals surface area contributed by atoms with Gasteiger partial charge in [0.25, 0.3) is 0 Å². The van der Waals surface area contributed by atoms with Crippen LogP contribution in [0.4, 0.5) is 13.2 Å². The van der Waals surface area contributed by atoms with E-state index in [-0.39, 0.29) is 5.92 Å². The topological polar surface area (TPSA) is 68.7 Å². The van der Waals surface area contributed by atoms with Crippen LogP contribution in [0, 0.1) is 5.41 Å². The summed E-state index contributed by atoms with van der Waals surface area (Å²) < 4.78 is 52.4. The fraction of sp³-hybridized carbons (Fsp3) is 0.586. The van der Waals surface area contributed by atoms with Gasteiger partial charge in [-0.1, -0.05) is 52.7 Å². The van der Waals surface area contributed by atoms with Gasteiger partial charge < -0.3 is 14.6 Å². The number of ether oxygens (including phenoxy) is 2. The molecule has 5 nitrogen and oxygen atoms in total. The molecule has 0 radical (unpaired) electrons. The predicted molar refractivity (Wildman–Crippen MR) is 131 cm³/mol. The van der Waals surface area contributed by atoms with Crippen molar-refractivity contribution in [2.75, 3.05) is 0 Å². The summed E-state index contributed by atoms with van der Waals surface area (Å²) in [5.41, 5.74) is 2.48. The van der Waals surface area contributed by atoms with Crippen molar-refractivity contribution in [3.05, 3.63) is 63.5 Å². The second-order valence-corrected chi connectivity index (χ2v) is 11.8. The monoisotopic (exact) mass is 517 g/mol. The van der Waals surface area contributed by atoms with Crippen molar-refractivity contribution in [3.63, 3.8) is 0 Å². The average Bonchev–Trinajstić information content (AvgIpc) is 3.40. The molecule has 3 aliphatic rings. The Morgan fingerprint density at radius 3 is 2.30 bits per heavy atom. The lowest BCUT2D eigenvalue weighted by atomic mass is 9.68. The molecule has 1 aromatic heterocycles. The van der Waals surface area contributed by atoms with E-state index in [4.69, 9.17) is 14.5 Å². The fourth-order valence-electron chi connectivity index (χ4n) is 6.58. The van der Waals surface area contributed by atoms with Crippen LogP contribution in [-0.2, 0) is 26.0 Å². The standard InChI is InChI=1S/C29H34F3NO4/c1-15(2)23-21-22(20-19(35)14-27(4,5)26(24(20)33-23)36-16(3)34)28(12-6-7-13-28)37-25(21)17-8-10-18(11-9-17)29(30,31)32/h8-11,15,19,25-26,35H,6-7,12-14H2,1-5H3/t19?,25-,26+/m1/s1. The van der Waals surface area contributed by atoms with Gasteiger partial charge in [-0.05, 0) is 48.4 Å². The fourth-order valence-corrected chi connectivity index (χ4v) is 6.58. The third-order valence-electron chi connectivity index (χ3n) is 8.19. The largest absolute Gasteiger partial charge is 0.455 e. The van der Waals surface area contributed by atoms with Crippen LogP contribution >= 0.6 is 0 Å². The minimum atomic E-state index is -4.42. The molecule has 1 unspecified atom stereocenters. The number of esters is 1. The van der Waals surface area contributed by atoms with Crippen LogP contribution in [-0.4, -0.2) is 16.1 Å². The first-order chi connectivity index (χ1) is 17.2. The highest BCUT2D eigenvalue weighted by Gasteiger charge is 2.55. The molecule has 1 aromatic carbocycles. The number of fused-ring (bicyclic) bond motifs is 4. The summed E-state index contributed by atoms with van der Waals surface area (Å²) in [6, 6.07) is 5.14. The van der Waals surface area contributed by atoms with Gasteiger partial charge in [-0.2, -0.15) is 13.2 Å². The highest BCUT2D eigenvalue weighted by atomic mass is 19.4. The summed E-state index contributed by atoms with van der Waals surface area (Å²) in [6.45, 7) is 9.33. The quantitative estimate of drug-likeness (QED) is 0.437. The summed E-state index contributed by atoms with van der Waals surface area (Å²) in [5, 5.41) is 11.5. The van der Waals surface area contributed by atoms with E-state index in [9.17, 15) is 23.1 Å². The number of aromatic nitrogens is 1. The molecule has 8 heteroatoms. The minimum Gasteiger partial charge on any atom is -0.455 e. The number of hydrogen-bond acceptors (Lipinski definition) is 5. The van der Waals surface area contributed by atoms with Gasteiger partial charge in [-0.15, -0.1) is 0 Å². The molecular formula is C29H34F3NO4. The van der Waals surface area contributed by atoms with Crippen molar-refractivity contribution in [1.29, 1.82) is 0 Å². The zero-order valence-corrected chi connectivity index (χ0v) is 21.9. The van der Waals surface area contributed by atoms with E-state index in [0.717, 1.165) is 54.6 Å². The molecular weight excluding hydrogens is 483 g/mol. The Kier molecular flexibility index (Phi) is 6.23. The van der Waals surface area contributed by atoms with E-state index in [1.807, 2.05) is 27.7 Å². The highest BCUT2D eigenvalue weighted by Crippen LogP contribution is 2.61. The van der Waals surface area contributed by atoms with Gasteiger partial charge in [0.05, 0.1) is 23.0 Å². The van der Waals surface area contributed by atoms with E-state index in [1.54, 1.807) is 0 Å². The minimum absolute atomic E-state index is 0.0312. The zero-order chi connectivity index (χ0) is 26.9. The molecule has 37 heavy (non-hydrogen) atoms. The molecule has 200 valence electrons. The molecule has 2 aliphatic carbocycles. The van der Waals surface area contributed by atoms with E-state index in [1.165, 1.54) is 19.1 Å². The molecule has 3 atom stereocenters. The molecule has 5 rings (SSSR count). The Morgan fingerprint density at radius 1 is 1.14 bits per heavy atom. The van der Waals surface area contributed by atoms with Crippen molar-refractivity contribution in [2.45, 2.75) is 103 Å². The van der Waals surface area contributed by atoms with Crippen molar-refractivity contribution >= 4 is 5.97 Å². The molecule has 0 amide bonds.